The van der Waals surface area contributed by atoms with Gasteiger partial charge >= 0.3 is 0 Å². The fraction of sp³-hybridized carbons (Fsp3) is 0.471. The van der Waals surface area contributed by atoms with E-state index < -0.39 is 0 Å². The quantitative estimate of drug-likeness (QED) is 0.908. The van der Waals surface area contributed by atoms with Crippen LogP contribution in [0.3, 0.4) is 0 Å². The Kier molecular flexibility index (Phi) is 5.33. The van der Waals surface area contributed by atoms with Crippen LogP contribution in [0.15, 0.2) is 36.7 Å². The van der Waals surface area contributed by atoms with Crippen molar-refractivity contribution in [3.05, 3.63) is 47.2 Å². The molecule has 0 unspecified atom stereocenters. The molecule has 0 bridgehead atoms. The maximum Gasteiger partial charge on any atom is 0.0660 e. The Hall–Kier alpha value is -1.40. The van der Waals surface area contributed by atoms with Crippen molar-refractivity contribution in [3.63, 3.8) is 0 Å². The Bertz CT molecular complexity index is 645. The summed E-state index contributed by atoms with van der Waals surface area (Å²) in [5.74, 6) is 0. The minimum atomic E-state index is 0.246. The molecule has 124 valence electrons. The Morgan fingerprint density at radius 3 is 3.00 bits per heavy atom. The van der Waals surface area contributed by atoms with Crippen LogP contribution in [0.4, 0.5) is 0 Å². The molecule has 1 aliphatic rings. The SMILES string of the molecule is CN1CCN(Cc2cnn(-c3cccc(Cl)c3)c2)C[C@@H]1CCO. The van der Waals surface area contributed by atoms with E-state index in [0.717, 1.165) is 38.3 Å². The van der Waals surface area contributed by atoms with Gasteiger partial charge in [-0.05, 0) is 31.7 Å². The molecular formula is C17H23ClN4O. The average Bonchev–Trinajstić information content (AvgIpc) is 2.99. The Morgan fingerprint density at radius 1 is 1.35 bits per heavy atom. The zero-order chi connectivity index (χ0) is 16.2. The number of likely N-dealkylation sites (N-methyl/N-ethyl adjacent to an activating group) is 1. The highest BCUT2D eigenvalue weighted by atomic mass is 35.5. The molecule has 0 spiro atoms. The number of aromatic nitrogens is 2. The number of rotatable bonds is 5. The summed E-state index contributed by atoms with van der Waals surface area (Å²) in [5, 5.41) is 14.4. The molecule has 1 aliphatic heterocycles. The first-order chi connectivity index (χ1) is 11.2. The molecule has 3 rings (SSSR count). The molecule has 1 fully saturated rings. The topological polar surface area (TPSA) is 44.5 Å². The van der Waals surface area contributed by atoms with E-state index in [0.29, 0.717) is 11.1 Å². The number of benzene rings is 1. The molecule has 0 amide bonds. The number of nitrogens with zero attached hydrogens (tertiary/aromatic N) is 4. The molecular weight excluding hydrogens is 312 g/mol. The maximum atomic E-state index is 9.19. The highest BCUT2D eigenvalue weighted by Gasteiger charge is 2.23. The van der Waals surface area contributed by atoms with Gasteiger partial charge in [0.2, 0.25) is 0 Å². The molecule has 1 aromatic heterocycles. The van der Waals surface area contributed by atoms with Crippen molar-refractivity contribution < 1.29 is 5.11 Å². The number of aliphatic hydroxyl groups excluding tert-OH is 1. The molecule has 5 nitrogen and oxygen atoms in total. The van der Waals surface area contributed by atoms with Crippen LogP contribution in [-0.4, -0.2) is 64.0 Å². The van der Waals surface area contributed by atoms with Crippen molar-refractivity contribution in [1.29, 1.82) is 0 Å². The van der Waals surface area contributed by atoms with E-state index in [2.05, 4.69) is 28.1 Å². The third-order valence-electron chi connectivity index (χ3n) is 4.44. The number of aliphatic hydroxyl groups is 1. The van der Waals surface area contributed by atoms with E-state index >= 15 is 0 Å². The van der Waals surface area contributed by atoms with E-state index in [1.807, 2.05) is 35.1 Å². The van der Waals surface area contributed by atoms with Crippen molar-refractivity contribution in [2.75, 3.05) is 33.3 Å². The maximum absolute atomic E-state index is 9.19. The monoisotopic (exact) mass is 334 g/mol. The van der Waals surface area contributed by atoms with Crippen molar-refractivity contribution in [2.45, 2.75) is 19.0 Å². The highest BCUT2D eigenvalue weighted by Crippen LogP contribution is 2.17. The van der Waals surface area contributed by atoms with Crippen LogP contribution >= 0.6 is 11.6 Å². The number of hydrogen-bond donors (Lipinski definition) is 1. The van der Waals surface area contributed by atoms with Gasteiger partial charge in [-0.3, -0.25) is 4.90 Å². The number of piperazine rings is 1. The minimum Gasteiger partial charge on any atom is -0.396 e. The third kappa shape index (κ3) is 4.12. The third-order valence-corrected chi connectivity index (χ3v) is 4.67. The summed E-state index contributed by atoms with van der Waals surface area (Å²) in [6, 6.07) is 8.12. The summed E-state index contributed by atoms with van der Waals surface area (Å²) in [6.45, 7) is 4.19. The molecule has 0 radical (unpaired) electrons. The summed E-state index contributed by atoms with van der Waals surface area (Å²) in [5.41, 5.74) is 2.16. The van der Waals surface area contributed by atoms with Crippen molar-refractivity contribution in [3.8, 4) is 5.69 Å². The molecule has 1 saturated heterocycles. The Morgan fingerprint density at radius 2 is 2.22 bits per heavy atom. The first-order valence-corrected chi connectivity index (χ1v) is 8.36. The molecule has 23 heavy (non-hydrogen) atoms. The van der Waals surface area contributed by atoms with E-state index in [9.17, 15) is 5.11 Å². The van der Waals surface area contributed by atoms with Crippen LogP contribution in [0.2, 0.25) is 5.02 Å². The Balaban J connectivity index is 1.65. The zero-order valence-electron chi connectivity index (χ0n) is 13.4. The zero-order valence-corrected chi connectivity index (χ0v) is 14.2. The lowest BCUT2D eigenvalue weighted by molar-refractivity contribution is 0.0743. The molecule has 2 heterocycles. The van der Waals surface area contributed by atoms with Crippen LogP contribution in [-0.2, 0) is 6.54 Å². The van der Waals surface area contributed by atoms with Crippen LogP contribution in [0.25, 0.3) is 5.69 Å². The highest BCUT2D eigenvalue weighted by molar-refractivity contribution is 6.30. The lowest BCUT2D eigenvalue weighted by atomic mass is 10.1. The van der Waals surface area contributed by atoms with Crippen molar-refractivity contribution in [2.24, 2.45) is 0 Å². The second-order valence-electron chi connectivity index (χ2n) is 6.15. The van der Waals surface area contributed by atoms with Crippen LogP contribution < -0.4 is 0 Å². The lowest BCUT2D eigenvalue weighted by Crippen LogP contribution is -2.51. The smallest absolute Gasteiger partial charge is 0.0660 e. The molecule has 2 aromatic rings. The van der Waals surface area contributed by atoms with E-state index in [4.69, 9.17) is 11.6 Å². The molecule has 1 N–H and O–H groups in total. The predicted octanol–water partition coefficient (Wildman–Crippen LogP) is 2.02. The van der Waals surface area contributed by atoms with Gasteiger partial charge < -0.3 is 10.0 Å². The summed E-state index contributed by atoms with van der Waals surface area (Å²) in [7, 11) is 2.13. The fourth-order valence-electron chi connectivity index (χ4n) is 3.07. The van der Waals surface area contributed by atoms with Gasteiger partial charge in [0, 0.05) is 55.6 Å². The van der Waals surface area contributed by atoms with Gasteiger partial charge in [0.05, 0.1) is 11.9 Å². The van der Waals surface area contributed by atoms with Gasteiger partial charge in [-0.2, -0.15) is 5.10 Å². The van der Waals surface area contributed by atoms with Crippen molar-refractivity contribution >= 4 is 11.6 Å². The minimum absolute atomic E-state index is 0.246. The first-order valence-electron chi connectivity index (χ1n) is 7.98. The Labute approximate surface area is 142 Å². The summed E-state index contributed by atoms with van der Waals surface area (Å²) < 4.78 is 1.86. The number of halogens is 1. The largest absolute Gasteiger partial charge is 0.396 e. The second kappa shape index (κ2) is 7.45. The molecule has 0 aliphatic carbocycles. The molecule has 6 heteroatoms. The van der Waals surface area contributed by atoms with Gasteiger partial charge in [-0.15, -0.1) is 0 Å². The average molecular weight is 335 g/mol. The summed E-state index contributed by atoms with van der Waals surface area (Å²) in [6.07, 6.45) is 4.81. The van der Waals surface area contributed by atoms with Crippen molar-refractivity contribution in [1.82, 2.24) is 19.6 Å². The van der Waals surface area contributed by atoms with Gasteiger partial charge in [0.15, 0.2) is 0 Å². The van der Waals surface area contributed by atoms with E-state index in [-0.39, 0.29) is 6.61 Å². The lowest BCUT2D eigenvalue weighted by Gasteiger charge is -2.39. The molecule has 0 saturated carbocycles. The first kappa shape index (κ1) is 16.5. The normalized spacial score (nSPS) is 20.0. The van der Waals surface area contributed by atoms with Crippen LogP contribution in [0, 0.1) is 0 Å². The second-order valence-corrected chi connectivity index (χ2v) is 6.59. The fourth-order valence-corrected chi connectivity index (χ4v) is 3.26. The standard InChI is InChI=1S/C17H23ClN4O/c1-20-6-7-21(13-17(20)5-8-23)11-14-10-19-22(12-14)16-4-2-3-15(18)9-16/h2-4,9-10,12,17,23H,5-8,11,13H2,1H3/t17-/m0/s1. The van der Waals surface area contributed by atoms with Gasteiger partial charge in [0.1, 0.15) is 0 Å². The summed E-state index contributed by atoms with van der Waals surface area (Å²) in [4.78, 5) is 4.77. The van der Waals surface area contributed by atoms with Gasteiger partial charge in [-0.25, -0.2) is 4.68 Å². The van der Waals surface area contributed by atoms with E-state index in [1.54, 1.807) is 0 Å². The molecule has 1 aromatic carbocycles. The van der Waals surface area contributed by atoms with Gasteiger partial charge in [-0.1, -0.05) is 17.7 Å². The molecule has 1 atom stereocenters. The summed E-state index contributed by atoms with van der Waals surface area (Å²) >= 11 is 6.04. The van der Waals surface area contributed by atoms with E-state index in [1.165, 1.54) is 5.56 Å². The predicted molar refractivity (Wildman–Crippen MR) is 92.0 cm³/mol. The van der Waals surface area contributed by atoms with Gasteiger partial charge in [0.25, 0.3) is 0 Å². The number of hydrogen-bond acceptors (Lipinski definition) is 4. The van der Waals surface area contributed by atoms with Crippen LogP contribution in [0.5, 0.6) is 0 Å². The van der Waals surface area contributed by atoms with Crippen LogP contribution in [0.1, 0.15) is 12.0 Å².